The van der Waals surface area contributed by atoms with Crippen molar-refractivity contribution >= 4 is 46.7 Å². The van der Waals surface area contributed by atoms with Crippen molar-refractivity contribution < 1.29 is 37.0 Å². The number of nitrogens with one attached hydrogen (secondary N) is 2. The molecule has 1 heterocycles. The van der Waals surface area contributed by atoms with E-state index in [1.54, 1.807) is 0 Å². The van der Waals surface area contributed by atoms with Crippen LogP contribution in [0.15, 0.2) is 30.3 Å². The van der Waals surface area contributed by atoms with Gasteiger partial charge in [0.05, 0.1) is 16.7 Å². The number of ether oxygens (including phenoxy) is 1. The Hall–Kier alpha value is -3.53. The molecule has 0 saturated carbocycles. The molecule has 0 saturated heterocycles. The van der Waals surface area contributed by atoms with Crippen molar-refractivity contribution in [1.29, 1.82) is 5.26 Å². The zero-order chi connectivity index (χ0) is 28.8. The standard InChI is InChI=1S/C21H16Cl3FN4O2.C2HF3O2/c1-10(2)20-28-17(19(24)29-20)21(30)27-9-12-3-4-15(23)18(16(12)25)31-14-6-11(8-26)5-13(22)7-14;3-2(4,5)1(6)7/h3-7,10H,9H2,1-2H3,(H,27,30)(H,28,29);(H,6,7). The number of rotatable bonds is 6. The van der Waals surface area contributed by atoms with E-state index in [0.717, 1.165) is 0 Å². The van der Waals surface area contributed by atoms with Crippen molar-refractivity contribution in [3.8, 4) is 17.6 Å². The number of nitriles is 1. The number of carbonyl (C=O) groups excluding carboxylic acids is 1. The van der Waals surface area contributed by atoms with Crippen LogP contribution in [-0.4, -0.2) is 33.1 Å². The summed E-state index contributed by atoms with van der Waals surface area (Å²) in [4.78, 5) is 28.3. The van der Waals surface area contributed by atoms with Gasteiger partial charge >= 0.3 is 12.1 Å². The fourth-order valence-electron chi connectivity index (χ4n) is 2.66. The third kappa shape index (κ3) is 8.24. The van der Waals surface area contributed by atoms with Gasteiger partial charge in [0.2, 0.25) is 0 Å². The first kappa shape index (κ1) is 30.7. The van der Waals surface area contributed by atoms with Crippen molar-refractivity contribution in [2.45, 2.75) is 32.5 Å². The maximum Gasteiger partial charge on any atom is 0.490 e. The van der Waals surface area contributed by atoms with E-state index in [4.69, 9.17) is 54.7 Å². The molecule has 0 radical (unpaired) electrons. The molecular formula is C23H17Cl3F4N4O4. The minimum absolute atomic E-state index is 0.0166. The molecule has 0 aliphatic rings. The lowest BCUT2D eigenvalue weighted by molar-refractivity contribution is -0.192. The molecule has 0 atom stereocenters. The second kappa shape index (κ2) is 12.8. The zero-order valence-corrected chi connectivity index (χ0v) is 21.7. The van der Waals surface area contributed by atoms with Gasteiger partial charge in [0, 0.05) is 23.0 Å². The summed E-state index contributed by atoms with van der Waals surface area (Å²) in [6.07, 6.45) is -5.08. The highest BCUT2D eigenvalue weighted by molar-refractivity contribution is 6.32. The van der Waals surface area contributed by atoms with Crippen LogP contribution in [-0.2, 0) is 11.3 Å². The van der Waals surface area contributed by atoms with Crippen LogP contribution in [0.25, 0.3) is 0 Å². The summed E-state index contributed by atoms with van der Waals surface area (Å²) in [6, 6.07) is 9.09. The molecule has 0 aliphatic heterocycles. The number of hydrogen-bond acceptors (Lipinski definition) is 5. The van der Waals surface area contributed by atoms with E-state index in [-0.39, 0.29) is 56.0 Å². The average Bonchev–Trinajstić information content (AvgIpc) is 3.22. The summed E-state index contributed by atoms with van der Waals surface area (Å²) in [7, 11) is 0. The third-order valence-electron chi connectivity index (χ3n) is 4.47. The number of carboxylic acids is 1. The van der Waals surface area contributed by atoms with E-state index < -0.39 is 23.9 Å². The topological polar surface area (TPSA) is 128 Å². The lowest BCUT2D eigenvalue weighted by atomic mass is 10.2. The molecule has 0 aliphatic carbocycles. The van der Waals surface area contributed by atoms with Crippen LogP contribution in [0.3, 0.4) is 0 Å². The highest BCUT2D eigenvalue weighted by Crippen LogP contribution is 2.35. The smallest absolute Gasteiger partial charge is 0.475 e. The minimum Gasteiger partial charge on any atom is -0.475 e. The van der Waals surface area contributed by atoms with Crippen LogP contribution in [0.4, 0.5) is 17.6 Å². The molecule has 0 fully saturated rings. The zero-order valence-electron chi connectivity index (χ0n) is 19.4. The van der Waals surface area contributed by atoms with Gasteiger partial charge in [-0.1, -0.05) is 54.7 Å². The van der Waals surface area contributed by atoms with Crippen molar-refractivity contribution in [3.05, 3.63) is 74.0 Å². The van der Waals surface area contributed by atoms with Crippen molar-refractivity contribution in [3.63, 3.8) is 0 Å². The molecule has 3 rings (SSSR count). The number of benzene rings is 2. The monoisotopic (exact) mass is 594 g/mol. The molecule has 0 unspecified atom stereocenters. The lowest BCUT2D eigenvalue weighted by Gasteiger charge is -2.13. The van der Waals surface area contributed by atoms with Crippen LogP contribution in [0.2, 0.25) is 15.2 Å². The Labute approximate surface area is 228 Å². The summed E-state index contributed by atoms with van der Waals surface area (Å²) in [5.74, 6) is -3.55. The van der Waals surface area contributed by atoms with Gasteiger partial charge in [-0.3, -0.25) is 4.79 Å². The number of H-pyrrole nitrogens is 1. The minimum atomic E-state index is -5.08. The Balaban J connectivity index is 0.000000638. The molecule has 0 spiro atoms. The summed E-state index contributed by atoms with van der Waals surface area (Å²) in [5.41, 5.74) is 0.407. The van der Waals surface area contributed by atoms with Crippen LogP contribution < -0.4 is 10.1 Å². The summed E-state index contributed by atoms with van der Waals surface area (Å²) < 4.78 is 52.3. The van der Waals surface area contributed by atoms with E-state index in [1.165, 1.54) is 30.3 Å². The van der Waals surface area contributed by atoms with Crippen molar-refractivity contribution in [1.82, 2.24) is 15.3 Å². The Kier molecular flexibility index (Phi) is 10.4. The molecule has 3 N–H and O–H groups in total. The number of imidazole rings is 1. The Bertz CT molecular complexity index is 1390. The summed E-state index contributed by atoms with van der Waals surface area (Å²) in [5, 5.41) is 19.1. The van der Waals surface area contributed by atoms with Crippen molar-refractivity contribution in [2.24, 2.45) is 0 Å². The van der Waals surface area contributed by atoms with Gasteiger partial charge in [0.25, 0.3) is 5.91 Å². The largest absolute Gasteiger partial charge is 0.490 e. The molecule has 3 aromatic rings. The third-order valence-corrected chi connectivity index (χ3v) is 5.26. The number of aliphatic carboxylic acids is 1. The molecule has 0 bridgehead atoms. The SMILES string of the molecule is CC(C)c1nc(C(=O)NCc2ccc(Cl)c(Oc3cc(Cl)cc(C#N)c3)c2F)c(Cl)[nH]1.O=C(O)C(F)(F)F. The number of aromatic nitrogens is 2. The number of aromatic amines is 1. The molecule has 1 aromatic heterocycles. The van der Waals surface area contributed by atoms with Gasteiger partial charge in [-0.2, -0.15) is 18.4 Å². The second-order valence-corrected chi connectivity index (χ2v) is 8.89. The first-order chi connectivity index (χ1) is 17.6. The molecule has 8 nitrogen and oxygen atoms in total. The molecule has 2 aromatic carbocycles. The van der Waals surface area contributed by atoms with E-state index in [1.807, 2.05) is 19.9 Å². The van der Waals surface area contributed by atoms with Crippen LogP contribution >= 0.6 is 34.8 Å². The molecule has 202 valence electrons. The number of nitrogens with zero attached hydrogens (tertiary/aromatic N) is 2. The highest BCUT2D eigenvalue weighted by atomic mass is 35.5. The number of carboxylic acid groups (broad SMARTS) is 1. The van der Waals surface area contributed by atoms with Crippen LogP contribution in [0.5, 0.6) is 11.5 Å². The number of alkyl halides is 3. The average molecular weight is 596 g/mol. The van der Waals surface area contributed by atoms with Gasteiger partial charge in [-0.05, 0) is 24.3 Å². The predicted octanol–water partition coefficient (Wildman–Crippen LogP) is 6.86. The van der Waals surface area contributed by atoms with Gasteiger partial charge in [0.15, 0.2) is 17.3 Å². The maximum atomic E-state index is 15.0. The first-order valence-electron chi connectivity index (χ1n) is 10.3. The molecular weight excluding hydrogens is 579 g/mol. The molecule has 1 amide bonds. The Morgan fingerprint density at radius 3 is 2.37 bits per heavy atom. The maximum absolute atomic E-state index is 15.0. The first-order valence-corrected chi connectivity index (χ1v) is 11.5. The summed E-state index contributed by atoms with van der Waals surface area (Å²) in [6.45, 7) is 3.65. The second-order valence-electron chi connectivity index (χ2n) is 7.66. The fraction of sp³-hybridized carbons (Fsp3) is 0.217. The van der Waals surface area contributed by atoms with E-state index in [9.17, 15) is 18.0 Å². The normalized spacial score (nSPS) is 10.9. The van der Waals surface area contributed by atoms with E-state index >= 15 is 4.39 Å². The van der Waals surface area contributed by atoms with E-state index in [2.05, 4.69) is 15.3 Å². The molecule has 38 heavy (non-hydrogen) atoms. The summed E-state index contributed by atoms with van der Waals surface area (Å²) >= 11 is 18.1. The highest BCUT2D eigenvalue weighted by Gasteiger charge is 2.38. The van der Waals surface area contributed by atoms with Gasteiger partial charge in [0.1, 0.15) is 16.7 Å². The quantitative estimate of drug-likeness (QED) is 0.267. The number of hydrogen-bond donors (Lipinski definition) is 3. The van der Waals surface area contributed by atoms with E-state index in [0.29, 0.717) is 5.82 Å². The Morgan fingerprint density at radius 2 is 1.84 bits per heavy atom. The lowest BCUT2D eigenvalue weighted by Crippen LogP contribution is -2.24. The van der Waals surface area contributed by atoms with Crippen molar-refractivity contribution in [2.75, 3.05) is 0 Å². The number of carbonyl (C=O) groups is 2. The molecule has 15 heteroatoms. The Morgan fingerprint density at radius 1 is 1.21 bits per heavy atom. The van der Waals surface area contributed by atoms with Crippen LogP contribution in [0.1, 0.15) is 47.2 Å². The van der Waals surface area contributed by atoms with Gasteiger partial charge in [-0.15, -0.1) is 0 Å². The van der Waals surface area contributed by atoms with Crippen LogP contribution in [0, 0.1) is 17.1 Å². The fourth-order valence-corrected chi connectivity index (χ4v) is 3.29. The number of halogens is 7. The van der Waals surface area contributed by atoms with Gasteiger partial charge in [-0.25, -0.2) is 14.2 Å². The number of amides is 1. The predicted molar refractivity (Wildman–Crippen MR) is 130 cm³/mol. The van der Waals surface area contributed by atoms with Gasteiger partial charge < -0.3 is 20.1 Å².